The molecular weight excluding hydrogens is 301 g/mol. The van der Waals surface area contributed by atoms with E-state index in [1.165, 1.54) is 40.6 Å². The van der Waals surface area contributed by atoms with Crippen LogP contribution in [-0.4, -0.2) is 11.3 Å². The van der Waals surface area contributed by atoms with Crippen molar-refractivity contribution in [3.8, 4) is 16.9 Å². The highest BCUT2D eigenvalue weighted by Crippen LogP contribution is 2.41. The van der Waals surface area contributed by atoms with E-state index in [9.17, 15) is 9.50 Å². The molecule has 0 saturated heterocycles. The molecule has 0 amide bonds. The minimum Gasteiger partial charge on any atom is -0.507 e. The van der Waals surface area contributed by atoms with E-state index in [1.807, 2.05) is 24.3 Å². The summed E-state index contributed by atoms with van der Waals surface area (Å²) in [6.07, 6.45) is 2.37. The molecule has 0 heterocycles. The smallest absolute Gasteiger partial charge is 0.127 e. The van der Waals surface area contributed by atoms with E-state index >= 15 is 0 Å². The Balaban J connectivity index is 1.76. The number of hydrogen-bond acceptors (Lipinski definition) is 2. The third-order valence-corrected chi connectivity index (χ3v) is 4.46. The van der Waals surface area contributed by atoms with Gasteiger partial charge in [-0.2, -0.15) is 0 Å². The molecule has 0 aromatic heterocycles. The highest BCUT2D eigenvalue weighted by atomic mass is 19.1. The van der Waals surface area contributed by atoms with Crippen molar-refractivity contribution in [2.75, 3.05) is 0 Å². The van der Waals surface area contributed by atoms with Gasteiger partial charge in [-0.25, -0.2) is 4.39 Å². The summed E-state index contributed by atoms with van der Waals surface area (Å²) in [5.74, 6) is -0.312. The molecule has 0 radical (unpaired) electrons. The molecule has 118 valence electrons. The van der Waals surface area contributed by atoms with Gasteiger partial charge >= 0.3 is 0 Å². The molecule has 2 nitrogen and oxygen atoms in total. The van der Waals surface area contributed by atoms with Gasteiger partial charge in [-0.15, -0.1) is 0 Å². The zero-order chi connectivity index (χ0) is 16.7. The Morgan fingerprint density at radius 1 is 1.04 bits per heavy atom. The number of aryl methyl sites for hydroxylation is 1. The lowest BCUT2D eigenvalue weighted by Gasteiger charge is -2.05. The van der Waals surface area contributed by atoms with E-state index in [2.05, 4.69) is 23.2 Å². The highest BCUT2D eigenvalue weighted by Gasteiger charge is 2.20. The van der Waals surface area contributed by atoms with Crippen LogP contribution >= 0.6 is 0 Å². The predicted octanol–water partition coefficient (Wildman–Crippen LogP) is 5.16. The third-order valence-electron chi connectivity index (χ3n) is 4.46. The molecule has 0 unspecified atom stereocenters. The van der Waals surface area contributed by atoms with E-state index in [-0.39, 0.29) is 11.6 Å². The number of aromatic hydroxyl groups is 1. The summed E-state index contributed by atoms with van der Waals surface area (Å²) in [7, 11) is 0. The Morgan fingerprint density at radius 2 is 1.83 bits per heavy atom. The van der Waals surface area contributed by atoms with Gasteiger partial charge in [0, 0.05) is 18.2 Å². The molecule has 3 aromatic rings. The number of benzene rings is 3. The Labute approximate surface area is 139 Å². The maximum Gasteiger partial charge on any atom is 0.127 e. The maximum absolute atomic E-state index is 13.6. The lowest BCUT2D eigenvalue weighted by Crippen LogP contribution is -1.89. The van der Waals surface area contributed by atoms with Gasteiger partial charge in [0.15, 0.2) is 0 Å². The van der Waals surface area contributed by atoms with Gasteiger partial charge in [-0.1, -0.05) is 36.4 Å². The molecule has 0 bridgehead atoms. The molecule has 4 rings (SSSR count). The van der Waals surface area contributed by atoms with Gasteiger partial charge in [0.2, 0.25) is 0 Å². The van der Waals surface area contributed by atoms with Crippen LogP contribution in [0.2, 0.25) is 0 Å². The molecule has 3 heteroatoms. The van der Waals surface area contributed by atoms with E-state index in [0.717, 1.165) is 12.1 Å². The number of fused-ring (bicyclic) bond motifs is 3. The Bertz CT molecular complexity index is 976. The molecular formula is C21H16FNO. The molecule has 0 saturated carbocycles. The second kappa shape index (κ2) is 5.60. The summed E-state index contributed by atoms with van der Waals surface area (Å²) in [6.45, 7) is 1.67. The topological polar surface area (TPSA) is 32.6 Å². The minimum absolute atomic E-state index is 0.0658. The molecule has 0 aliphatic heterocycles. The van der Waals surface area contributed by atoms with Crippen LogP contribution in [0, 0.1) is 12.7 Å². The van der Waals surface area contributed by atoms with Crippen molar-refractivity contribution < 1.29 is 9.50 Å². The van der Waals surface area contributed by atoms with Crippen LogP contribution in [0.3, 0.4) is 0 Å². The summed E-state index contributed by atoms with van der Waals surface area (Å²) in [6, 6.07) is 17.0. The van der Waals surface area contributed by atoms with Crippen LogP contribution in [0.15, 0.2) is 59.6 Å². The summed E-state index contributed by atoms with van der Waals surface area (Å²) in [4.78, 5) is 4.52. The number of halogens is 1. The largest absolute Gasteiger partial charge is 0.507 e. The second-order valence-corrected chi connectivity index (χ2v) is 6.06. The molecule has 1 N–H and O–H groups in total. The third kappa shape index (κ3) is 2.38. The molecule has 24 heavy (non-hydrogen) atoms. The minimum atomic E-state index is -0.377. The van der Waals surface area contributed by atoms with Gasteiger partial charge in [-0.3, -0.25) is 4.99 Å². The van der Waals surface area contributed by atoms with Gasteiger partial charge < -0.3 is 5.11 Å². The lowest BCUT2D eigenvalue weighted by atomic mass is 10.1. The highest BCUT2D eigenvalue weighted by molar-refractivity contribution is 5.88. The Hall–Kier alpha value is -2.94. The number of aliphatic imine (C=N–C) groups is 1. The van der Waals surface area contributed by atoms with Gasteiger partial charge in [0.05, 0.1) is 5.69 Å². The van der Waals surface area contributed by atoms with Gasteiger partial charge in [0.25, 0.3) is 0 Å². The molecule has 0 atom stereocenters. The van der Waals surface area contributed by atoms with Crippen LogP contribution in [0.4, 0.5) is 10.1 Å². The summed E-state index contributed by atoms with van der Waals surface area (Å²) >= 11 is 0. The summed E-state index contributed by atoms with van der Waals surface area (Å²) in [5.41, 5.74) is 6.64. The first-order chi connectivity index (χ1) is 11.6. The van der Waals surface area contributed by atoms with Gasteiger partial charge in [-0.05, 0) is 52.9 Å². The zero-order valence-electron chi connectivity index (χ0n) is 13.3. The van der Waals surface area contributed by atoms with Crippen LogP contribution in [0.5, 0.6) is 5.75 Å². The first kappa shape index (κ1) is 14.6. The first-order valence-electron chi connectivity index (χ1n) is 7.87. The molecule has 3 aromatic carbocycles. The fourth-order valence-electron chi connectivity index (χ4n) is 3.26. The van der Waals surface area contributed by atoms with Crippen LogP contribution in [0.1, 0.15) is 22.3 Å². The number of phenols is 1. The zero-order valence-corrected chi connectivity index (χ0v) is 13.3. The van der Waals surface area contributed by atoms with Gasteiger partial charge in [0.1, 0.15) is 11.6 Å². The van der Waals surface area contributed by atoms with Crippen molar-refractivity contribution in [3.63, 3.8) is 0 Å². The second-order valence-electron chi connectivity index (χ2n) is 6.06. The van der Waals surface area contributed by atoms with Crippen molar-refractivity contribution in [3.05, 3.63) is 82.7 Å². The number of hydrogen-bond donors (Lipinski definition) is 1. The van der Waals surface area contributed by atoms with Crippen LogP contribution < -0.4 is 0 Å². The quantitative estimate of drug-likeness (QED) is 0.509. The van der Waals surface area contributed by atoms with Crippen LogP contribution in [0.25, 0.3) is 11.1 Å². The van der Waals surface area contributed by atoms with E-state index in [1.54, 1.807) is 6.92 Å². The van der Waals surface area contributed by atoms with Crippen molar-refractivity contribution in [2.45, 2.75) is 13.3 Å². The Kier molecular flexibility index (Phi) is 3.42. The normalized spacial score (nSPS) is 12.4. The fourth-order valence-corrected chi connectivity index (χ4v) is 3.26. The van der Waals surface area contributed by atoms with Crippen molar-refractivity contribution in [1.29, 1.82) is 0 Å². The Morgan fingerprint density at radius 3 is 2.71 bits per heavy atom. The summed E-state index contributed by atoms with van der Waals surface area (Å²) in [5, 5.41) is 10.1. The predicted molar refractivity (Wildman–Crippen MR) is 94.7 cm³/mol. The van der Waals surface area contributed by atoms with Crippen molar-refractivity contribution in [2.24, 2.45) is 4.99 Å². The average Bonchev–Trinajstić information content (AvgIpc) is 2.96. The fraction of sp³-hybridized carbons (Fsp3) is 0.0952. The molecule has 1 aliphatic rings. The summed E-state index contributed by atoms with van der Waals surface area (Å²) < 4.78 is 13.6. The average molecular weight is 317 g/mol. The molecule has 0 spiro atoms. The van der Waals surface area contributed by atoms with E-state index < -0.39 is 0 Å². The van der Waals surface area contributed by atoms with Crippen molar-refractivity contribution in [1.82, 2.24) is 0 Å². The lowest BCUT2D eigenvalue weighted by molar-refractivity contribution is 0.467. The van der Waals surface area contributed by atoms with E-state index in [4.69, 9.17) is 0 Å². The monoisotopic (exact) mass is 317 g/mol. The number of phenolic OH excluding ortho intramolecular Hbond substituents is 1. The van der Waals surface area contributed by atoms with E-state index in [0.29, 0.717) is 11.1 Å². The molecule has 1 aliphatic carbocycles. The van der Waals surface area contributed by atoms with Crippen LogP contribution in [-0.2, 0) is 6.42 Å². The maximum atomic E-state index is 13.6. The number of rotatable bonds is 2. The SMILES string of the molecule is Cc1cc(F)cc(C=Nc2cccc3c2Cc2ccccc2-3)c1O. The first-order valence-corrected chi connectivity index (χ1v) is 7.87. The number of nitrogens with zero attached hydrogens (tertiary/aromatic N) is 1. The molecule has 0 fully saturated rings. The standard InChI is InChI=1S/C21H16FNO/c1-13-9-16(22)10-15(21(13)24)12-23-20-8-4-7-18-17-6-3-2-5-14(17)11-19(18)20/h2-10,12,24H,11H2,1H3. The van der Waals surface area contributed by atoms with Crippen molar-refractivity contribution >= 4 is 11.9 Å².